The molecule has 2 heterocycles. The zero-order valence-electron chi connectivity index (χ0n) is 17.6. The number of ether oxygens (including phenoxy) is 1. The van der Waals surface area contributed by atoms with Gasteiger partial charge in [0.25, 0.3) is 0 Å². The van der Waals surface area contributed by atoms with Gasteiger partial charge in [-0.1, -0.05) is 12.1 Å². The number of nitrogens with one attached hydrogen (secondary N) is 1. The van der Waals surface area contributed by atoms with Crippen LogP contribution in [0.15, 0.2) is 52.1 Å². The Kier molecular flexibility index (Phi) is 5.33. The number of nitrogens with zero attached hydrogens (tertiary/aromatic N) is 4. The monoisotopic (exact) mass is 421 g/mol. The van der Waals surface area contributed by atoms with E-state index in [1.54, 1.807) is 13.2 Å². The van der Waals surface area contributed by atoms with Crippen molar-refractivity contribution in [2.45, 2.75) is 26.9 Å². The smallest absolute Gasteiger partial charge is 0.333 e. The highest BCUT2D eigenvalue weighted by atomic mass is 16.5. The molecule has 0 bridgehead atoms. The maximum Gasteiger partial charge on any atom is 0.333 e. The molecule has 3 aromatic rings. The predicted molar refractivity (Wildman–Crippen MR) is 117 cm³/mol. The fraction of sp³-hybridized carbons (Fsp3) is 0.273. The Balaban J connectivity index is 1.63. The molecule has 0 spiro atoms. The van der Waals surface area contributed by atoms with Gasteiger partial charge in [0.2, 0.25) is 11.9 Å². The number of benzene rings is 2. The minimum atomic E-state index is -0.823. The quantitative estimate of drug-likeness (QED) is 0.631. The standard InChI is InChI=1S/C22H23N5O4/c1-14-5-4-6-18(15(14)2)23-19(28)13-27-21(30)20(29)26-12-11-25(22(26)24-27)16-7-9-17(31-3)10-8-16/h4-10H,11-13H2,1-3H3,(H,23,28). The zero-order valence-corrected chi connectivity index (χ0v) is 17.6. The molecule has 1 aliphatic rings. The summed E-state index contributed by atoms with van der Waals surface area (Å²) in [7, 11) is 1.59. The zero-order chi connectivity index (χ0) is 22.1. The molecule has 2 aromatic carbocycles. The lowest BCUT2D eigenvalue weighted by atomic mass is 10.1. The summed E-state index contributed by atoms with van der Waals surface area (Å²) in [6.07, 6.45) is 0. The van der Waals surface area contributed by atoms with Crippen LogP contribution < -0.4 is 26.1 Å². The first-order chi connectivity index (χ1) is 14.9. The van der Waals surface area contributed by atoms with E-state index in [1.165, 1.54) is 4.57 Å². The van der Waals surface area contributed by atoms with Crippen molar-refractivity contribution in [2.24, 2.45) is 0 Å². The lowest BCUT2D eigenvalue weighted by molar-refractivity contribution is -0.117. The van der Waals surface area contributed by atoms with Crippen molar-refractivity contribution in [3.63, 3.8) is 0 Å². The topological polar surface area (TPSA) is 98.5 Å². The van der Waals surface area contributed by atoms with Crippen molar-refractivity contribution >= 4 is 23.2 Å². The van der Waals surface area contributed by atoms with Gasteiger partial charge >= 0.3 is 11.1 Å². The van der Waals surface area contributed by atoms with E-state index in [1.807, 2.05) is 55.1 Å². The highest BCUT2D eigenvalue weighted by molar-refractivity contribution is 5.91. The fourth-order valence-corrected chi connectivity index (χ4v) is 3.55. The summed E-state index contributed by atoms with van der Waals surface area (Å²) in [4.78, 5) is 39.5. The number of rotatable bonds is 5. The predicted octanol–water partition coefficient (Wildman–Crippen LogP) is 1.82. The summed E-state index contributed by atoms with van der Waals surface area (Å²) < 4.78 is 7.45. The van der Waals surface area contributed by atoms with Crippen LogP contribution in [0.1, 0.15) is 11.1 Å². The number of amides is 1. The molecule has 0 unspecified atom stereocenters. The number of aryl methyl sites for hydroxylation is 1. The van der Waals surface area contributed by atoms with Gasteiger partial charge in [0.1, 0.15) is 12.3 Å². The summed E-state index contributed by atoms with van der Waals surface area (Å²) in [6, 6.07) is 12.9. The third-order valence-electron chi connectivity index (χ3n) is 5.46. The number of anilines is 3. The number of hydrogen-bond acceptors (Lipinski definition) is 6. The van der Waals surface area contributed by atoms with Gasteiger partial charge in [-0.3, -0.25) is 19.0 Å². The normalized spacial score (nSPS) is 12.5. The molecule has 1 amide bonds. The number of aromatic nitrogens is 3. The third-order valence-corrected chi connectivity index (χ3v) is 5.46. The summed E-state index contributed by atoms with van der Waals surface area (Å²) in [5, 5.41) is 7.13. The Morgan fingerprint density at radius 1 is 1.06 bits per heavy atom. The fourth-order valence-electron chi connectivity index (χ4n) is 3.55. The summed E-state index contributed by atoms with van der Waals surface area (Å²) in [5.41, 5.74) is 1.94. The number of carbonyl (C=O) groups excluding carboxylic acids is 1. The first-order valence-corrected chi connectivity index (χ1v) is 9.88. The number of methoxy groups -OCH3 is 1. The third kappa shape index (κ3) is 3.81. The van der Waals surface area contributed by atoms with Crippen LogP contribution >= 0.6 is 0 Å². The molecule has 0 saturated heterocycles. The van der Waals surface area contributed by atoms with E-state index in [4.69, 9.17) is 4.74 Å². The van der Waals surface area contributed by atoms with Gasteiger partial charge in [0.15, 0.2) is 0 Å². The molecule has 31 heavy (non-hydrogen) atoms. The lowest BCUT2D eigenvalue weighted by Gasteiger charge is -2.18. The van der Waals surface area contributed by atoms with Crippen LogP contribution in [-0.4, -0.2) is 33.9 Å². The van der Waals surface area contributed by atoms with Gasteiger partial charge in [0.05, 0.1) is 7.11 Å². The van der Waals surface area contributed by atoms with E-state index in [9.17, 15) is 14.4 Å². The molecular weight excluding hydrogens is 398 g/mol. The number of hydrogen-bond donors (Lipinski definition) is 1. The molecule has 0 atom stereocenters. The molecule has 0 fully saturated rings. The Hall–Kier alpha value is -3.88. The Morgan fingerprint density at radius 3 is 2.52 bits per heavy atom. The van der Waals surface area contributed by atoms with E-state index in [2.05, 4.69) is 10.4 Å². The van der Waals surface area contributed by atoms with Crippen molar-refractivity contribution in [2.75, 3.05) is 23.9 Å². The summed E-state index contributed by atoms with van der Waals surface area (Å²) >= 11 is 0. The van der Waals surface area contributed by atoms with Crippen LogP contribution in [0.2, 0.25) is 0 Å². The molecule has 1 aromatic heterocycles. The molecular formula is C22H23N5O4. The first kappa shape index (κ1) is 20.4. The van der Waals surface area contributed by atoms with Crippen molar-refractivity contribution in [3.05, 3.63) is 74.3 Å². The van der Waals surface area contributed by atoms with Crippen LogP contribution in [-0.2, 0) is 17.9 Å². The molecule has 0 saturated carbocycles. The van der Waals surface area contributed by atoms with E-state index < -0.39 is 17.0 Å². The van der Waals surface area contributed by atoms with Gasteiger partial charge in [-0.25, -0.2) is 4.68 Å². The largest absolute Gasteiger partial charge is 0.497 e. The van der Waals surface area contributed by atoms with Crippen LogP contribution in [0.3, 0.4) is 0 Å². The SMILES string of the molecule is COc1ccc(N2CCn3c2nn(CC(=O)Nc2cccc(C)c2C)c(=O)c3=O)cc1. The van der Waals surface area contributed by atoms with Crippen molar-refractivity contribution in [3.8, 4) is 5.75 Å². The molecule has 0 aliphatic carbocycles. The summed E-state index contributed by atoms with van der Waals surface area (Å²) in [5.74, 6) is 0.609. The number of carbonyl (C=O) groups is 1. The second-order valence-electron chi connectivity index (χ2n) is 7.36. The molecule has 4 rings (SSSR count). The van der Waals surface area contributed by atoms with Gasteiger partial charge in [0, 0.05) is 24.5 Å². The van der Waals surface area contributed by atoms with Crippen molar-refractivity contribution in [1.82, 2.24) is 14.3 Å². The Bertz CT molecular complexity index is 1260. The van der Waals surface area contributed by atoms with Gasteiger partial charge in [-0.2, -0.15) is 0 Å². The number of fused-ring (bicyclic) bond motifs is 1. The van der Waals surface area contributed by atoms with E-state index in [0.717, 1.165) is 21.5 Å². The lowest BCUT2D eigenvalue weighted by Crippen LogP contribution is -2.44. The minimum Gasteiger partial charge on any atom is -0.497 e. The molecule has 1 N–H and O–H groups in total. The average molecular weight is 421 g/mol. The van der Waals surface area contributed by atoms with Crippen LogP contribution in [0.4, 0.5) is 17.3 Å². The molecule has 9 heteroatoms. The Morgan fingerprint density at radius 2 is 1.81 bits per heavy atom. The highest BCUT2D eigenvalue weighted by Gasteiger charge is 2.26. The average Bonchev–Trinajstić information content (AvgIpc) is 3.19. The molecule has 160 valence electrons. The minimum absolute atomic E-state index is 0.328. The first-order valence-electron chi connectivity index (χ1n) is 9.88. The van der Waals surface area contributed by atoms with E-state index in [0.29, 0.717) is 30.5 Å². The van der Waals surface area contributed by atoms with Gasteiger partial charge in [-0.05, 0) is 55.3 Å². The van der Waals surface area contributed by atoms with Crippen LogP contribution in [0.25, 0.3) is 0 Å². The van der Waals surface area contributed by atoms with Crippen molar-refractivity contribution in [1.29, 1.82) is 0 Å². The molecule has 1 aliphatic heterocycles. The maximum absolute atomic E-state index is 12.6. The van der Waals surface area contributed by atoms with Crippen LogP contribution in [0.5, 0.6) is 5.75 Å². The van der Waals surface area contributed by atoms with Crippen molar-refractivity contribution < 1.29 is 9.53 Å². The van der Waals surface area contributed by atoms with Gasteiger partial charge < -0.3 is 15.0 Å². The Labute approximate surface area is 178 Å². The maximum atomic E-state index is 12.6. The van der Waals surface area contributed by atoms with Crippen LogP contribution in [0, 0.1) is 13.8 Å². The van der Waals surface area contributed by atoms with Gasteiger partial charge in [-0.15, -0.1) is 5.10 Å². The van der Waals surface area contributed by atoms with E-state index in [-0.39, 0.29) is 6.54 Å². The summed E-state index contributed by atoms with van der Waals surface area (Å²) in [6.45, 7) is 4.34. The second-order valence-corrected chi connectivity index (χ2v) is 7.36. The highest BCUT2D eigenvalue weighted by Crippen LogP contribution is 2.28. The van der Waals surface area contributed by atoms with E-state index >= 15 is 0 Å². The second kappa shape index (κ2) is 8.10. The molecule has 0 radical (unpaired) electrons. The molecule has 9 nitrogen and oxygen atoms in total.